The molecule has 2 fully saturated rings. The van der Waals surface area contributed by atoms with Crippen LogP contribution in [0.1, 0.15) is 44.9 Å². The summed E-state index contributed by atoms with van der Waals surface area (Å²) in [6.45, 7) is 1.01. The van der Waals surface area contributed by atoms with Crippen LogP contribution in [0.2, 0.25) is 0 Å². The number of carbonyl (C=O) groups is 1. The van der Waals surface area contributed by atoms with E-state index in [9.17, 15) is 4.79 Å². The smallest absolute Gasteiger partial charge is 0.236 e. The number of likely N-dealkylation sites (N-methyl/N-ethyl adjacent to an activating group) is 1. The van der Waals surface area contributed by atoms with Crippen molar-refractivity contribution in [3.63, 3.8) is 0 Å². The first-order valence-corrected chi connectivity index (χ1v) is 6.76. The minimum absolute atomic E-state index is 0.0608. The van der Waals surface area contributed by atoms with E-state index < -0.39 is 0 Å². The van der Waals surface area contributed by atoms with Crippen LogP contribution in [0.15, 0.2) is 0 Å². The molecule has 1 aliphatic carbocycles. The number of nitrogens with one attached hydrogen (secondary N) is 2. The van der Waals surface area contributed by atoms with Gasteiger partial charge in [0, 0.05) is 7.05 Å². The largest absolute Gasteiger partial charge is 0.358 e. The van der Waals surface area contributed by atoms with Gasteiger partial charge in [-0.15, -0.1) is 0 Å². The van der Waals surface area contributed by atoms with Gasteiger partial charge in [-0.1, -0.05) is 32.1 Å². The van der Waals surface area contributed by atoms with Gasteiger partial charge in [0.15, 0.2) is 0 Å². The molecule has 2 atom stereocenters. The summed E-state index contributed by atoms with van der Waals surface area (Å²) in [5.41, 5.74) is 0. The number of piperidine rings is 1. The van der Waals surface area contributed by atoms with E-state index in [1.807, 2.05) is 0 Å². The Labute approximate surface area is 98.4 Å². The van der Waals surface area contributed by atoms with Gasteiger partial charge in [0.2, 0.25) is 5.91 Å². The van der Waals surface area contributed by atoms with E-state index in [2.05, 4.69) is 10.6 Å². The molecule has 2 N–H and O–H groups in total. The van der Waals surface area contributed by atoms with Crippen molar-refractivity contribution in [1.29, 1.82) is 0 Å². The fourth-order valence-corrected chi connectivity index (χ4v) is 3.35. The van der Waals surface area contributed by atoms with Crippen molar-refractivity contribution in [2.75, 3.05) is 13.6 Å². The molecule has 92 valence electrons. The third-order valence-corrected chi connectivity index (χ3v) is 4.32. The van der Waals surface area contributed by atoms with Crippen molar-refractivity contribution in [2.24, 2.45) is 11.8 Å². The standard InChI is InChI=1S/C13H24N2O/c1-14-13(16)12-9-11(7-8-15-12)10-5-3-2-4-6-10/h10-12,15H,2-9H2,1H3,(H,14,16). The molecule has 1 heterocycles. The molecule has 0 aromatic heterocycles. The number of carbonyl (C=O) groups excluding carboxylic acids is 1. The highest BCUT2D eigenvalue weighted by Gasteiger charge is 2.31. The number of hydrogen-bond acceptors (Lipinski definition) is 2. The van der Waals surface area contributed by atoms with Gasteiger partial charge in [-0.3, -0.25) is 4.79 Å². The molecule has 1 saturated carbocycles. The second-order valence-electron chi connectivity index (χ2n) is 5.30. The lowest BCUT2D eigenvalue weighted by molar-refractivity contribution is -0.123. The predicted molar refractivity (Wildman–Crippen MR) is 65.2 cm³/mol. The maximum atomic E-state index is 11.6. The van der Waals surface area contributed by atoms with Crippen molar-refractivity contribution < 1.29 is 4.79 Å². The van der Waals surface area contributed by atoms with E-state index in [0.29, 0.717) is 0 Å². The van der Waals surface area contributed by atoms with Gasteiger partial charge >= 0.3 is 0 Å². The van der Waals surface area contributed by atoms with Crippen molar-refractivity contribution in [3.05, 3.63) is 0 Å². The molecule has 1 saturated heterocycles. The number of hydrogen-bond donors (Lipinski definition) is 2. The lowest BCUT2D eigenvalue weighted by Gasteiger charge is -2.36. The molecule has 2 rings (SSSR count). The highest BCUT2D eigenvalue weighted by molar-refractivity contribution is 5.81. The monoisotopic (exact) mass is 224 g/mol. The molecule has 1 aliphatic heterocycles. The van der Waals surface area contributed by atoms with Crippen LogP contribution in [-0.4, -0.2) is 25.5 Å². The van der Waals surface area contributed by atoms with Crippen LogP contribution in [-0.2, 0) is 4.79 Å². The van der Waals surface area contributed by atoms with E-state index in [4.69, 9.17) is 0 Å². The van der Waals surface area contributed by atoms with Gasteiger partial charge in [-0.2, -0.15) is 0 Å². The summed E-state index contributed by atoms with van der Waals surface area (Å²) in [7, 11) is 1.73. The summed E-state index contributed by atoms with van der Waals surface area (Å²) < 4.78 is 0. The molecule has 16 heavy (non-hydrogen) atoms. The summed E-state index contributed by atoms with van der Waals surface area (Å²) in [5, 5.41) is 6.08. The molecule has 0 radical (unpaired) electrons. The SMILES string of the molecule is CNC(=O)C1CC(C2CCCCC2)CCN1. The average molecular weight is 224 g/mol. The molecule has 0 aromatic rings. The maximum absolute atomic E-state index is 11.6. The fraction of sp³-hybridized carbons (Fsp3) is 0.923. The van der Waals surface area contributed by atoms with Crippen LogP contribution in [0.3, 0.4) is 0 Å². The van der Waals surface area contributed by atoms with E-state index in [1.165, 1.54) is 38.5 Å². The number of amides is 1. The summed E-state index contributed by atoms with van der Waals surface area (Å²) in [6.07, 6.45) is 9.32. The Kier molecular flexibility index (Phi) is 4.22. The van der Waals surface area contributed by atoms with Crippen LogP contribution in [0.5, 0.6) is 0 Å². The lowest BCUT2D eigenvalue weighted by Crippen LogP contribution is -2.49. The molecule has 3 nitrogen and oxygen atoms in total. The molecular weight excluding hydrogens is 200 g/mol. The van der Waals surface area contributed by atoms with Gasteiger partial charge in [0.25, 0.3) is 0 Å². The van der Waals surface area contributed by atoms with Crippen LogP contribution in [0.25, 0.3) is 0 Å². The van der Waals surface area contributed by atoms with Crippen LogP contribution < -0.4 is 10.6 Å². The first-order chi connectivity index (χ1) is 7.81. The topological polar surface area (TPSA) is 41.1 Å². The Hall–Kier alpha value is -0.570. The van der Waals surface area contributed by atoms with E-state index >= 15 is 0 Å². The Morgan fingerprint density at radius 2 is 1.88 bits per heavy atom. The normalized spacial score (nSPS) is 32.3. The maximum Gasteiger partial charge on any atom is 0.236 e. The van der Waals surface area contributed by atoms with E-state index in [-0.39, 0.29) is 11.9 Å². The van der Waals surface area contributed by atoms with Crippen molar-refractivity contribution >= 4 is 5.91 Å². The minimum Gasteiger partial charge on any atom is -0.358 e. The first kappa shape index (κ1) is 11.9. The Morgan fingerprint density at radius 3 is 2.56 bits per heavy atom. The molecule has 0 spiro atoms. The minimum atomic E-state index is 0.0608. The van der Waals surface area contributed by atoms with Gasteiger partial charge in [-0.05, 0) is 31.2 Å². The van der Waals surface area contributed by atoms with E-state index in [0.717, 1.165) is 24.8 Å². The zero-order valence-electron chi connectivity index (χ0n) is 10.3. The third-order valence-electron chi connectivity index (χ3n) is 4.32. The van der Waals surface area contributed by atoms with Gasteiger partial charge < -0.3 is 10.6 Å². The fourth-order valence-electron chi connectivity index (χ4n) is 3.35. The highest BCUT2D eigenvalue weighted by atomic mass is 16.2. The number of rotatable bonds is 2. The summed E-state index contributed by atoms with van der Waals surface area (Å²) >= 11 is 0. The molecule has 1 amide bonds. The second kappa shape index (κ2) is 5.67. The molecule has 3 heteroatoms. The lowest BCUT2D eigenvalue weighted by atomic mass is 9.74. The van der Waals surface area contributed by atoms with Crippen molar-refractivity contribution in [3.8, 4) is 0 Å². The summed E-state index contributed by atoms with van der Waals surface area (Å²) in [5.74, 6) is 1.84. The van der Waals surface area contributed by atoms with Gasteiger partial charge in [0.05, 0.1) is 6.04 Å². The molecule has 2 unspecified atom stereocenters. The summed E-state index contributed by atoms with van der Waals surface area (Å²) in [6, 6.07) is 0.0608. The van der Waals surface area contributed by atoms with E-state index in [1.54, 1.807) is 7.05 Å². The first-order valence-electron chi connectivity index (χ1n) is 6.76. The molecular formula is C13H24N2O. The Bertz CT molecular complexity index is 236. The second-order valence-corrected chi connectivity index (χ2v) is 5.30. The summed E-state index contributed by atoms with van der Waals surface area (Å²) in [4.78, 5) is 11.6. The predicted octanol–water partition coefficient (Wildman–Crippen LogP) is 1.68. The van der Waals surface area contributed by atoms with Gasteiger partial charge in [0.1, 0.15) is 0 Å². The Morgan fingerprint density at radius 1 is 1.12 bits per heavy atom. The average Bonchev–Trinajstić information content (AvgIpc) is 2.39. The molecule has 0 bridgehead atoms. The zero-order chi connectivity index (χ0) is 11.4. The van der Waals surface area contributed by atoms with Crippen molar-refractivity contribution in [1.82, 2.24) is 10.6 Å². The quantitative estimate of drug-likeness (QED) is 0.749. The zero-order valence-corrected chi connectivity index (χ0v) is 10.3. The van der Waals surface area contributed by atoms with Crippen molar-refractivity contribution in [2.45, 2.75) is 51.0 Å². The highest BCUT2D eigenvalue weighted by Crippen LogP contribution is 2.35. The van der Waals surface area contributed by atoms with Gasteiger partial charge in [-0.25, -0.2) is 0 Å². The van der Waals surface area contributed by atoms with Crippen LogP contribution >= 0.6 is 0 Å². The molecule has 2 aliphatic rings. The molecule has 0 aromatic carbocycles. The Balaban J connectivity index is 1.87. The van der Waals surface area contributed by atoms with Crippen LogP contribution in [0, 0.1) is 11.8 Å². The third kappa shape index (κ3) is 2.76. The van der Waals surface area contributed by atoms with Crippen LogP contribution in [0.4, 0.5) is 0 Å².